The van der Waals surface area contributed by atoms with Gasteiger partial charge in [0.15, 0.2) is 0 Å². The molecule has 19 heavy (non-hydrogen) atoms. The molecule has 0 unspecified atom stereocenters. The molecule has 3 rings (SSSR count). The third-order valence-corrected chi connectivity index (χ3v) is 4.32. The summed E-state index contributed by atoms with van der Waals surface area (Å²) < 4.78 is 0.874. The van der Waals surface area contributed by atoms with Crippen molar-refractivity contribution in [2.45, 2.75) is 0 Å². The third-order valence-electron chi connectivity index (χ3n) is 2.75. The van der Waals surface area contributed by atoms with E-state index >= 15 is 0 Å². The first-order valence-corrected chi connectivity index (χ1v) is 6.74. The number of benzene rings is 2. The summed E-state index contributed by atoms with van der Waals surface area (Å²) in [6, 6.07) is 12.3. The number of halogens is 1. The molecule has 0 saturated heterocycles. The van der Waals surface area contributed by atoms with Gasteiger partial charge in [-0.15, -0.1) is 11.3 Å². The lowest BCUT2D eigenvalue weighted by Gasteiger charge is -2.01. The normalized spacial score (nSPS) is 10.8. The van der Waals surface area contributed by atoms with E-state index < -0.39 is 5.97 Å². The van der Waals surface area contributed by atoms with Gasteiger partial charge in [-0.3, -0.25) is 0 Å². The van der Waals surface area contributed by atoms with Gasteiger partial charge in [0.2, 0.25) is 0 Å². The Labute approximate surface area is 118 Å². The van der Waals surface area contributed by atoms with Crippen LogP contribution >= 0.6 is 22.9 Å². The molecule has 0 aliphatic heterocycles. The van der Waals surface area contributed by atoms with Crippen molar-refractivity contribution in [2.24, 2.45) is 0 Å². The number of carboxylic acid groups (broad SMARTS) is 1. The molecule has 0 aliphatic carbocycles. The van der Waals surface area contributed by atoms with Gasteiger partial charge in [0, 0.05) is 5.56 Å². The maximum absolute atomic E-state index is 11.2. The lowest BCUT2D eigenvalue weighted by atomic mass is 10.1. The zero-order valence-electron chi connectivity index (χ0n) is 9.63. The first-order valence-electron chi connectivity index (χ1n) is 5.54. The minimum Gasteiger partial charge on any atom is -0.478 e. The molecule has 0 amide bonds. The van der Waals surface area contributed by atoms with Crippen molar-refractivity contribution in [1.29, 1.82) is 0 Å². The van der Waals surface area contributed by atoms with E-state index in [1.165, 1.54) is 11.3 Å². The Morgan fingerprint density at radius 1 is 1.16 bits per heavy atom. The number of carbonyl (C=O) groups is 1. The summed E-state index contributed by atoms with van der Waals surface area (Å²) in [6.45, 7) is 0. The lowest BCUT2D eigenvalue weighted by molar-refractivity contribution is 0.0697. The van der Waals surface area contributed by atoms with Crippen molar-refractivity contribution in [3.05, 3.63) is 53.1 Å². The molecule has 0 atom stereocenters. The fourth-order valence-corrected chi connectivity index (χ4v) is 3.18. The fourth-order valence-electron chi connectivity index (χ4n) is 1.89. The van der Waals surface area contributed by atoms with E-state index in [2.05, 4.69) is 4.98 Å². The minimum atomic E-state index is -0.957. The molecule has 0 aliphatic rings. The van der Waals surface area contributed by atoms with Crippen LogP contribution in [0.4, 0.5) is 0 Å². The fraction of sp³-hybridized carbons (Fsp3) is 0. The van der Waals surface area contributed by atoms with Crippen molar-refractivity contribution in [3.63, 3.8) is 0 Å². The van der Waals surface area contributed by atoms with E-state index in [0.29, 0.717) is 15.6 Å². The zero-order valence-corrected chi connectivity index (χ0v) is 11.2. The molecular formula is C14H8ClNO2S. The Bertz CT molecular complexity index is 782. The number of aromatic nitrogens is 1. The van der Waals surface area contributed by atoms with Crippen LogP contribution < -0.4 is 0 Å². The van der Waals surface area contributed by atoms with Crippen LogP contribution in [0.2, 0.25) is 5.02 Å². The summed E-state index contributed by atoms with van der Waals surface area (Å²) in [5.74, 6) is -0.957. The molecular weight excluding hydrogens is 282 g/mol. The number of fused-ring (bicyclic) bond motifs is 1. The van der Waals surface area contributed by atoms with Gasteiger partial charge in [-0.1, -0.05) is 35.9 Å². The number of carboxylic acids is 1. The SMILES string of the molecule is O=C(O)c1ccccc1-c1nc2cccc(Cl)c2s1. The quantitative estimate of drug-likeness (QED) is 0.764. The van der Waals surface area contributed by atoms with Crippen LogP contribution in [0.5, 0.6) is 0 Å². The standard InChI is InChI=1S/C14H8ClNO2S/c15-10-6-3-7-11-12(10)19-13(16-11)8-4-1-2-5-9(8)14(17)18/h1-7H,(H,17,18). The largest absolute Gasteiger partial charge is 0.478 e. The summed E-state index contributed by atoms with van der Waals surface area (Å²) in [6.07, 6.45) is 0. The Balaban J connectivity index is 2.25. The summed E-state index contributed by atoms with van der Waals surface area (Å²) >= 11 is 7.52. The van der Waals surface area contributed by atoms with Gasteiger partial charge in [0.1, 0.15) is 5.01 Å². The highest BCUT2D eigenvalue weighted by Gasteiger charge is 2.15. The molecule has 3 aromatic rings. The van der Waals surface area contributed by atoms with Crippen molar-refractivity contribution in [1.82, 2.24) is 4.98 Å². The molecule has 0 spiro atoms. The first kappa shape index (κ1) is 12.1. The van der Waals surface area contributed by atoms with Crippen molar-refractivity contribution >= 4 is 39.1 Å². The summed E-state index contributed by atoms with van der Waals surface area (Å²) in [7, 11) is 0. The first-order chi connectivity index (χ1) is 9.16. The molecule has 1 heterocycles. The van der Waals surface area contributed by atoms with Crippen LogP contribution in [0.15, 0.2) is 42.5 Å². The number of thiazole rings is 1. The van der Waals surface area contributed by atoms with Gasteiger partial charge < -0.3 is 5.11 Å². The highest BCUT2D eigenvalue weighted by Crippen LogP contribution is 2.35. The predicted molar refractivity (Wildman–Crippen MR) is 77.0 cm³/mol. The maximum Gasteiger partial charge on any atom is 0.336 e. The highest BCUT2D eigenvalue weighted by molar-refractivity contribution is 7.22. The Morgan fingerprint density at radius 2 is 1.95 bits per heavy atom. The molecule has 5 heteroatoms. The van der Waals surface area contributed by atoms with Gasteiger partial charge in [0.05, 0.1) is 20.8 Å². The van der Waals surface area contributed by atoms with E-state index in [9.17, 15) is 9.90 Å². The second kappa shape index (κ2) is 4.64. The van der Waals surface area contributed by atoms with E-state index in [1.807, 2.05) is 12.1 Å². The topological polar surface area (TPSA) is 50.2 Å². The summed E-state index contributed by atoms with van der Waals surface area (Å²) in [4.78, 5) is 15.7. The van der Waals surface area contributed by atoms with Gasteiger partial charge in [0.25, 0.3) is 0 Å². The predicted octanol–water partition coefficient (Wildman–Crippen LogP) is 4.31. The van der Waals surface area contributed by atoms with Crippen LogP contribution in [0, 0.1) is 0 Å². The molecule has 1 aromatic heterocycles. The molecule has 0 radical (unpaired) electrons. The number of aromatic carboxylic acids is 1. The number of hydrogen-bond donors (Lipinski definition) is 1. The monoisotopic (exact) mass is 289 g/mol. The van der Waals surface area contributed by atoms with Crippen LogP contribution in [0.25, 0.3) is 20.8 Å². The van der Waals surface area contributed by atoms with Crippen molar-refractivity contribution in [2.75, 3.05) is 0 Å². The molecule has 0 saturated carbocycles. The van der Waals surface area contributed by atoms with Gasteiger partial charge in [-0.2, -0.15) is 0 Å². The van der Waals surface area contributed by atoms with E-state index in [4.69, 9.17) is 11.6 Å². The maximum atomic E-state index is 11.2. The van der Waals surface area contributed by atoms with Crippen LogP contribution in [-0.4, -0.2) is 16.1 Å². The van der Waals surface area contributed by atoms with Crippen LogP contribution in [-0.2, 0) is 0 Å². The second-order valence-corrected chi connectivity index (χ2v) is 5.36. The van der Waals surface area contributed by atoms with Gasteiger partial charge in [-0.05, 0) is 18.2 Å². The van der Waals surface area contributed by atoms with Crippen molar-refractivity contribution in [3.8, 4) is 10.6 Å². The Kier molecular flexibility index (Phi) is 2.97. The zero-order chi connectivity index (χ0) is 13.4. The number of nitrogens with zero attached hydrogens (tertiary/aromatic N) is 1. The van der Waals surface area contributed by atoms with Gasteiger partial charge in [-0.25, -0.2) is 9.78 Å². The highest BCUT2D eigenvalue weighted by atomic mass is 35.5. The summed E-state index contributed by atoms with van der Waals surface area (Å²) in [5, 5.41) is 10.5. The Morgan fingerprint density at radius 3 is 2.68 bits per heavy atom. The van der Waals surface area contributed by atoms with E-state index in [1.54, 1.807) is 30.3 Å². The average Bonchev–Trinajstić information content (AvgIpc) is 2.84. The van der Waals surface area contributed by atoms with Crippen LogP contribution in [0.1, 0.15) is 10.4 Å². The molecule has 94 valence electrons. The minimum absolute atomic E-state index is 0.248. The second-order valence-electron chi connectivity index (χ2n) is 3.96. The molecule has 1 N–H and O–H groups in total. The lowest BCUT2D eigenvalue weighted by Crippen LogP contribution is -1.98. The smallest absolute Gasteiger partial charge is 0.336 e. The van der Waals surface area contributed by atoms with E-state index in [0.717, 1.165) is 10.2 Å². The third kappa shape index (κ3) is 2.09. The van der Waals surface area contributed by atoms with Crippen LogP contribution in [0.3, 0.4) is 0 Å². The molecule has 2 aromatic carbocycles. The van der Waals surface area contributed by atoms with E-state index in [-0.39, 0.29) is 5.56 Å². The van der Waals surface area contributed by atoms with Gasteiger partial charge >= 0.3 is 5.97 Å². The average molecular weight is 290 g/mol. The molecule has 0 fully saturated rings. The number of rotatable bonds is 2. The molecule has 3 nitrogen and oxygen atoms in total. The molecule has 0 bridgehead atoms. The number of hydrogen-bond acceptors (Lipinski definition) is 3. The van der Waals surface area contributed by atoms with Crippen molar-refractivity contribution < 1.29 is 9.90 Å². The summed E-state index contributed by atoms with van der Waals surface area (Å²) in [5.41, 5.74) is 1.65. The Hall–Kier alpha value is -1.91.